The monoisotopic (exact) mass is 313 g/mol. The number of aromatic nitrogens is 2. The molecule has 6 nitrogen and oxygen atoms in total. The molecule has 0 aromatic carbocycles. The number of furan rings is 1. The molecule has 0 aliphatic carbocycles. The molecule has 0 saturated carbocycles. The number of ether oxygens (including phenoxy) is 1. The van der Waals surface area contributed by atoms with Crippen molar-refractivity contribution in [2.75, 3.05) is 26.3 Å². The number of rotatable bonds is 2. The van der Waals surface area contributed by atoms with E-state index in [4.69, 9.17) is 9.15 Å². The lowest BCUT2D eigenvalue weighted by Crippen LogP contribution is -2.33. The van der Waals surface area contributed by atoms with E-state index in [9.17, 15) is 4.79 Å². The van der Waals surface area contributed by atoms with Crippen molar-refractivity contribution >= 4 is 5.91 Å². The maximum absolute atomic E-state index is 12.5. The van der Waals surface area contributed by atoms with Gasteiger partial charge < -0.3 is 14.1 Å². The van der Waals surface area contributed by atoms with Gasteiger partial charge in [-0.2, -0.15) is 0 Å². The summed E-state index contributed by atoms with van der Waals surface area (Å²) in [4.78, 5) is 23.3. The van der Waals surface area contributed by atoms with E-state index in [0.717, 1.165) is 43.9 Å². The maximum atomic E-state index is 12.5. The first-order valence-electron chi connectivity index (χ1n) is 8.06. The fourth-order valence-corrected chi connectivity index (χ4v) is 3.41. The third-order valence-electron chi connectivity index (χ3n) is 4.65. The average molecular weight is 313 g/mol. The van der Waals surface area contributed by atoms with E-state index in [1.807, 2.05) is 4.90 Å². The Bertz CT molecular complexity index is 693. The molecule has 0 bridgehead atoms. The molecule has 2 aliphatic heterocycles. The van der Waals surface area contributed by atoms with E-state index in [-0.39, 0.29) is 5.91 Å². The smallest absolute Gasteiger partial charge is 0.289 e. The van der Waals surface area contributed by atoms with Crippen molar-refractivity contribution < 1.29 is 13.9 Å². The molecule has 1 amide bonds. The van der Waals surface area contributed by atoms with Gasteiger partial charge in [0.15, 0.2) is 5.76 Å². The minimum Gasteiger partial charge on any atom is -0.459 e. The summed E-state index contributed by atoms with van der Waals surface area (Å²) in [6.45, 7) is 2.86. The highest BCUT2D eigenvalue weighted by Gasteiger charge is 2.27. The molecular weight excluding hydrogens is 294 g/mol. The van der Waals surface area contributed by atoms with Crippen LogP contribution < -0.4 is 0 Å². The van der Waals surface area contributed by atoms with Gasteiger partial charge in [0.25, 0.3) is 5.91 Å². The van der Waals surface area contributed by atoms with Crippen LogP contribution in [0.25, 0.3) is 0 Å². The molecule has 23 heavy (non-hydrogen) atoms. The number of carbonyl (C=O) groups is 1. The van der Waals surface area contributed by atoms with Gasteiger partial charge in [0.05, 0.1) is 18.6 Å². The fourth-order valence-electron chi connectivity index (χ4n) is 3.41. The summed E-state index contributed by atoms with van der Waals surface area (Å²) < 4.78 is 10.7. The van der Waals surface area contributed by atoms with Crippen molar-refractivity contribution in [2.45, 2.75) is 25.2 Å². The van der Waals surface area contributed by atoms with Gasteiger partial charge in [0.2, 0.25) is 0 Å². The van der Waals surface area contributed by atoms with Gasteiger partial charge in [-0.1, -0.05) is 0 Å². The summed E-state index contributed by atoms with van der Waals surface area (Å²) in [5.41, 5.74) is 3.38. The Morgan fingerprint density at radius 2 is 2.17 bits per heavy atom. The van der Waals surface area contributed by atoms with Gasteiger partial charge in [-0.25, -0.2) is 9.97 Å². The van der Waals surface area contributed by atoms with Crippen LogP contribution in [-0.2, 0) is 17.6 Å². The Morgan fingerprint density at radius 1 is 1.26 bits per heavy atom. The zero-order valence-electron chi connectivity index (χ0n) is 12.9. The van der Waals surface area contributed by atoms with Crippen LogP contribution in [0.3, 0.4) is 0 Å². The van der Waals surface area contributed by atoms with E-state index in [2.05, 4.69) is 9.97 Å². The third kappa shape index (κ3) is 2.74. The molecule has 2 aliphatic rings. The summed E-state index contributed by atoms with van der Waals surface area (Å²) in [6, 6.07) is 3.45. The number of amides is 1. The zero-order valence-corrected chi connectivity index (χ0v) is 12.9. The number of fused-ring (bicyclic) bond motifs is 1. The number of hydrogen-bond acceptors (Lipinski definition) is 5. The Hall–Kier alpha value is -2.21. The number of hydrogen-bond donors (Lipinski definition) is 0. The zero-order chi connectivity index (χ0) is 15.6. The fraction of sp³-hybridized carbons (Fsp3) is 0.471. The van der Waals surface area contributed by atoms with Crippen LogP contribution in [0.5, 0.6) is 0 Å². The van der Waals surface area contributed by atoms with Crippen LogP contribution in [0.15, 0.2) is 29.1 Å². The van der Waals surface area contributed by atoms with Crippen LogP contribution in [-0.4, -0.2) is 47.1 Å². The van der Waals surface area contributed by atoms with Crippen molar-refractivity contribution in [1.82, 2.24) is 14.9 Å². The predicted octanol–water partition coefficient (Wildman–Crippen LogP) is 1.81. The minimum absolute atomic E-state index is 0.0542. The van der Waals surface area contributed by atoms with E-state index >= 15 is 0 Å². The molecule has 1 saturated heterocycles. The molecule has 4 rings (SSSR count). The second-order valence-electron chi connectivity index (χ2n) is 6.01. The average Bonchev–Trinajstić information content (AvgIpc) is 3.24. The lowest BCUT2D eigenvalue weighted by molar-refractivity contribution is 0.0731. The topological polar surface area (TPSA) is 68.5 Å². The molecule has 1 atom stereocenters. The Balaban J connectivity index is 1.56. The lowest BCUT2D eigenvalue weighted by atomic mass is 9.96. The van der Waals surface area contributed by atoms with Crippen molar-refractivity contribution in [1.29, 1.82) is 0 Å². The number of carbonyl (C=O) groups excluding carboxylic acids is 1. The summed E-state index contributed by atoms with van der Waals surface area (Å²) in [6.07, 6.45) is 5.73. The quantitative estimate of drug-likeness (QED) is 0.846. The van der Waals surface area contributed by atoms with E-state index in [1.54, 1.807) is 18.5 Å². The molecule has 2 aromatic rings. The van der Waals surface area contributed by atoms with E-state index in [0.29, 0.717) is 24.8 Å². The van der Waals surface area contributed by atoms with Crippen LogP contribution >= 0.6 is 0 Å². The first kappa shape index (κ1) is 14.4. The molecule has 0 spiro atoms. The van der Waals surface area contributed by atoms with Gasteiger partial charge in [-0.3, -0.25) is 4.79 Å². The van der Waals surface area contributed by atoms with Gasteiger partial charge in [-0.05, 0) is 30.5 Å². The van der Waals surface area contributed by atoms with Crippen LogP contribution in [0, 0.1) is 0 Å². The highest BCUT2D eigenvalue weighted by molar-refractivity contribution is 5.91. The number of nitrogens with zero attached hydrogens (tertiary/aromatic N) is 3. The van der Waals surface area contributed by atoms with E-state index in [1.165, 1.54) is 11.8 Å². The molecule has 0 N–H and O–H groups in total. The summed E-state index contributed by atoms with van der Waals surface area (Å²) in [7, 11) is 0. The molecule has 120 valence electrons. The molecule has 0 unspecified atom stereocenters. The SMILES string of the molecule is O=C(c1ccco1)N1CCc2ncnc([C@@H]3CCOC3)c2CC1. The van der Waals surface area contributed by atoms with Crippen LogP contribution in [0.4, 0.5) is 0 Å². The lowest BCUT2D eigenvalue weighted by Gasteiger charge is -2.18. The van der Waals surface area contributed by atoms with Crippen molar-refractivity contribution in [3.05, 3.63) is 47.4 Å². The normalized spacial score (nSPS) is 21.0. The van der Waals surface area contributed by atoms with Crippen LogP contribution in [0.2, 0.25) is 0 Å². The van der Waals surface area contributed by atoms with Gasteiger partial charge in [-0.15, -0.1) is 0 Å². The largest absolute Gasteiger partial charge is 0.459 e. The highest BCUT2D eigenvalue weighted by Crippen LogP contribution is 2.29. The van der Waals surface area contributed by atoms with Crippen molar-refractivity contribution in [3.63, 3.8) is 0 Å². The summed E-state index contributed by atoms with van der Waals surface area (Å²) in [5, 5.41) is 0. The summed E-state index contributed by atoms with van der Waals surface area (Å²) >= 11 is 0. The standard InChI is InChI=1S/C17H19N3O3/c21-17(15-2-1-8-23-15)20-6-3-13-14(4-7-20)18-11-19-16(13)12-5-9-22-10-12/h1-2,8,11-12H,3-7,9-10H2/t12-/m1/s1. The second-order valence-corrected chi connectivity index (χ2v) is 6.01. The Labute approximate surface area is 134 Å². The third-order valence-corrected chi connectivity index (χ3v) is 4.65. The molecule has 1 fully saturated rings. The minimum atomic E-state index is -0.0542. The predicted molar refractivity (Wildman–Crippen MR) is 82.2 cm³/mol. The van der Waals surface area contributed by atoms with Crippen LogP contribution in [0.1, 0.15) is 39.8 Å². The maximum Gasteiger partial charge on any atom is 0.289 e. The molecule has 4 heterocycles. The van der Waals surface area contributed by atoms with Gasteiger partial charge in [0, 0.05) is 37.7 Å². The van der Waals surface area contributed by atoms with Crippen molar-refractivity contribution in [2.24, 2.45) is 0 Å². The van der Waals surface area contributed by atoms with E-state index < -0.39 is 0 Å². The van der Waals surface area contributed by atoms with Gasteiger partial charge in [0.1, 0.15) is 6.33 Å². The highest BCUT2D eigenvalue weighted by atomic mass is 16.5. The Kier molecular flexibility index (Phi) is 3.83. The first-order chi connectivity index (χ1) is 11.3. The van der Waals surface area contributed by atoms with Crippen molar-refractivity contribution in [3.8, 4) is 0 Å². The molecular formula is C17H19N3O3. The molecule has 2 aromatic heterocycles. The molecule has 0 radical (unpaired) electrons. The second kappa shape index (κ2) is 6.12. The Morgan fingerprint density at radius 3 is 2.96 bits per heavy atom. The summed E-state index contributed by atoms with van der Waals surface area (Å²) in [5.74, 6) is 0.701. The van der Waals surface area contributed by atoms with Gasteiger partial charge >= 0.3 is 0 Å². The first-order valence-corrected chi connectivity index (χ1v) is 8.06. The molecule has 6 heteroatoms.